The van der Waals surface area contributed by atoms with E-state index in [9.17, 15) is 9.59 Å². The van der Waals surface area contributed by atoms with Crippen LogP contribution in [0.2, 0.25) is 0 Å². The zero-order chi connectivity index (χ0) is 10.1. The highest BCUT2D eigenvalue weighted by molar-refractivity contribution is 5.87. The van der Waals surface area contributed by atoms with Crippen molar-refractivity contribution in [2.75, 3.05) is 0 Å². The Morgan fingerprint density at radius 1 is 1.15 bits per heavy atom. The van der Waals surface area contributed by atoms with E-state index in [2.05, 4.69) is 0 Å². The second-order valence-electron chi connectivity index (χ2n) is 2.37. The third-order valence-electron chi connectivity index (χ3n) is 1.11. The molecular weight excluding hydrogens is 168 g/mol. The van der Waals surface area contributed by atoms with E-state index >= 15 is 0 Å². The molecule has 0 heterocycles. The number of carbonyl (C=O) groups is 2. The zero-order valence-electron chi connectivity index (χ0n) is 7.43. The molecule has 0 aromatic heterocycles. The summed E-state index contributed by atoms with van der Waals surface area (Å²) in [6.07, 6.45) is 9.69. The molecule has 0 unspecified atom stereocenters. The van der Waals surface area contributed by atoms with Crippen molar-refractivity contribution in [3.8, 4) is 0 Å². The van der Waals surface area contributed by atoms with Gasteiger partial charge in [0.1, 0.15) is 0 Å². The maximum Gasteiger partial charge on any atom is 0.327 e. The Hall–Kier alpha value is -1.64. The molecule has 3 heteroatoms. The molecular formula is C10H12O3. The zero-order valence-corrected chi connectivity index (χ0v) is 7.43. The van der Waals surface area contributed by atoms with Gasteiger partial charge < -0.3 is 5.11 Å². The number of hydrogen-bond donors (Lipinski definition) is 1. The maximum absolute atomic E-state index is 10.4. The lowest BCUT2D eigenvalue weighted by Crippen LogP contribution is -1.84. The van der Waals surface area contributed by atoms with Crippen LogP contribution >= 0.6 is 0 Å². The molecule has 0 aromatic rings. The topological polar surface area (TPSA) is 54.4 Å². The fourth-order valence-corrected chi connectivity index (χ4v) is 0.596. The van der Waals surface area contributed by atoms with E-state index in [-0.39, 0.29) is 5.78 Å². The lowest BCUT2D eigenvalue weighted by atomic mass is 10.3. The van der Waals surface area contributed by atoms with Crippen molar-refractivity contribution in [1.82, 2.24) is 0 Å². The van der Waals surface area contributed by atoms with Gasteiger partial charge in [0.2, 0.25) is 0 Å². The second kappa shape index (κ2) is 7.03. The van der Waals surface area contributed by atoms with E-state index in [4.69, 9.17) is 5.11 Å². The first kappa shape index (κ1) is 11.4. The Kier molecular flexibility index (Phi) is 6.15. The van der Waals surface area contributed by atoms with E-state index in [1.54, 1.807) is 18.2 Å². The Balaban J connectivity index is 3.65. The Labute approximate surface area is 77.1 Å². The molecule has 0 amide bonds. The van der Waals surface area contributed by atoms with Crippen LogP contribution in [-0.2, 0) is 9.59 Å². The predicted octanol–water partition coefficient (Wildman–Crippen LogP) is 1.72. The van der Waals surface area contributed by atoms with Gasteiger partial charge in [-0.05, 0) is 19.4 Å². The highest BCUT2D eigenvalue weighted by atomic mass is 16.4. The molecule has 0 spiro atoms. The van der Waals surface area contributed by atoms with E-state index in [1.165, 1.54) is 19.1 Å². The van der Waals surface area contributed by atoms with E-state index < -0.39 is 5.97 Å². The van der Waals surface area contributed by atoms with Crippen molar-refractivity contribution in [1.29, 1.82) is 0 Å². The summed E-state index contributed by atoms with van der Waals surface area (Å²) in [4.78, 5) is 20.4. The maximum atomic E-state index is 10.4. The lowest BCUT2D eigenvalue weighted by Gasteiger charge is -1.79. The number of carboxylic acid groups (broad SMARTS) is 1. The highest BCUT2D eigenvalue weighted by Gasteiger charge is 1.81. The van der Waals surface area contributed by atoms with Gasteiger partial charge >= 0.3 is 5.97 Å². The minimum atomic E-state index is -0.951. The van der Waals surface area contributed by atoms with Gasteiger partial charge in [-0.2, -0.15) is 0 Å². The molecule has 0 fully saturated rings. The number of carbonyl (C=O) groups excluding carboxylic acids is 1. The van der Waals surface area contributed by atoms with Gasteiger partial charge in [0.15, 0.2) is 5.78 Å². The average Bonchev–Trinajstić information content (AvgIpc) is 2.01. The van der Waals surface area contributed by atoms with Gasteiger partial charge in [0.05, 0.1) is 0 Å². The van der Waals surface area contributed by atoms with Gasteiger partial charge in [-0.15, -0.1) is 0 Å². The lowest BCUT2D eigenvalue weighted by molar-refractivity contribution is -0.131. The predicted molar refractivity (Wildman–Crippen MR) is 50.4 cm³/mol. The molecule has 3 nitrogen and oxygen atoms in total. The van der Waals surface area contributed by atoms with Crippen LogP contribution in [0.15, 0.2) is 36.5 Å². The van der Waals surface area contributed by atoms with E-state index in [0.717, 1.165) is 6.08 Å². The summed E-state index contributed by atoms with van der Waals surface area (Å²) in [6.45, 7) is 1.47. The molecule has 13 heavy (non-hydrogen) atoms. The molecule has 0 saturated heterocycles. The van der Waals surface area contributed by atoms with Crippen LogP contribution in [0.5, 0.6) is 0 Å². The van der Waals surface area contributed by atoms with Crippen molar-refractivity contribution in [2.24, 2.45) is 0 Å². The number of ketones is 1. The Morgan fingerprint density at radius 2 is 1.85 bits per heavy atom. The number of hydrogen-bond acceptors (Lipinski definition) is 2. The molecule has 70 valence electrons. The first-order chi connectivity index (χ1) is 6.13. The van der Waals surface area contributed by atoms with Crippen molar-refractivity contribution in [3.63, 3.8) is 0 Å². The molecule has 0 atom stereocenters. The third kappa shape index (κ3) is 10.4. The van der Waals surface area contributed by atoms with Gasteiger partial charge in [0.25, 0.3) is 0 Å². The monoisotopic (exact) mass is 180 g/mol. The molecule has 1 N–H and O–H groups in total. The minimum absolute atomic E-state index is 0.00859. The third-order valence-corrected chi connectivity index (χ3v) is 1.11. The first-order valence-corrected chi connectivity index (χ1v) is 3.86. The van der Waals surface area contributed by atoms with Crippen molar-refractivity contribution in [3.05, 3.63) is 36.5 Å². The van der Waals surface area contributed by atoms with Crippen molar-refractivity contribution >= 4 is 11.8 Å². The molecule has 0 aromatic carbocycles. The standard InChI is InChI=1S/C10H12O3/c1-9(11)7-5-3-2-4-6-8-10(12)13/h2-3,5-8H,4H2,1H3,(H,12,13). The highest BCUT2D eigenvalue weighted by Crippen LogP contribution is 1.87. The van der Waals surface area contributed by atoms with Crippen LogP contribution in [0.4, 0.5) is 0 Å². The molecule has 0 bridgehead atoms. The van der Waals surface area contributed by atoms with Crippen LogP contribution in [0.25, 0.3) is 0 Å². The Bertz CT molecular complexity index is 259. The molecule has 0 aliphatic rings. The normalized spacial score (nSPS) is 11.8. The Morgan fingerprint density at radius 3 is 2.38 bits per heavy atom. The van der Waals surface area contributed by atoms with Crippen LogP contribution in [0.1, 0.15) is 13.3 Å². The number of carboxylic acids is 1. The summed E-state index contributed by atoms with van der Waals surface area (Å²) < 4.78 is 0. The quantitative estimate of drug-likeness (QED) is 0.517. The summed E-state index contributed by atoms with van der Waals surface area (Å²) >= 11 is 0. The van der Waals surface area contributed by atoms with E-state index in [0.29, 0.717) is 6.42 Å². The molecule has 0 rings (SSSR count). The largest absolute Gasteiger partial charge is 0.478 e. The molecule has 0 radical (unpaired) electrons. The van der Waals surface area contributed by atoms with Crippen LogP contribution in [0, 0.1) is 0 Å². The van der Waals surface area contributed by atoms with Crippen LogP contribution < -0.4 is 0 Å². The smallest absolute Gasteiger partial charge is 0.327 e. The van der Waals surface area contributed by atoms with E-state index in [1.807, 2.05) is 0 Å². The number of allylic oxidation sites excluding steroid dienone is 5. The van der Waals surface area contributed by atoms with Gasteiger partial charge in [-0.3, -0.25) is 4.79 Å². The first-order valence-electron chi connectivity index (χ1n) is 3.86. The summed E-state index contributed by atoms with van der Waals surface area (Å²) in [5.41, 5.74) is 0. The van der Waals surface area contributed by atoms with Crippen LogP contribution in [0.3, 0.4) is 0 Å². The summed E-state index contributed by atoms with van der Waals surface area (Å²) in [7, 11) is 0. The summed E-state index contributed by atoms with van der Waals surface area (Å²) in [5, 5.41) is 8.22. The fourth-order valence-electron chi connectivity index (χ4n) is 0.596. The number of rotatable bonds is 5. The molecule has 0 aliphatic carbocycles. The average molecular weight is 180 g/mol. The molecule has 0 saturated carbocycles. The fraction of sp³-hybridized carbons (Fsp3) is 0.200. The summed E-state index contributed by atoms with van der Waals surface area (Å²) in [6, 6.07) is 0. The van der Waals surface area contributed by atoms with Gasteiger partial charge in [0, 0.05) is 6.08 Å². The number of aliphatic carboxylic acids is 1. The summed E-state index contributed by atoms with van der Waals surface area (Å²) in [5.74, 6) is -0.960. The van der Waals surface area contributed by atoms with Gasteiger partial charge in [-0.25, -0.2) is 4.79 Å². The van der Waals surface area contributed by atoms with Gasteiger partial charge in [-0.1, -0.05) is 24.3 Å². The van der Waals surface area contributed by atoms with Crippen LogP contribution in [-0.4, -0.2) is 16.9 Å². The SMILES string of the molecule is CC(=O)C=CC=CCC=CC(=O)O. The minimum Gasteiger partial charge on any atom is -0.478 e. The van der Waals surface area contributed by atoms with Crippen molar-refractivity contribution < 1.29 is 14.7 Å². The van der Waals surface area contributed by atoms with Crippen molar-refractivity contribution in [2.45, 2.75) is 13.3 Å². The molecule has 0 aliphatic heterocycles. The second-order valence-corrected chi connectivity index (χ2v) is 2.37.